The molecule has 210 valence electrons. The van der Waals surface area contributed by atoms with E-state index in [1.165, 1.54) is 55.4 Å². The molecule has 0 bridgehead atoms. The molecule has 6 nitrogen and oxygen atoms in total. The van der Waals surface area contributed by atoms with Crippen LogP contribution in [0.4, 0.5) is 4.39 Å². The highest BCUT2D eigenvalue weighted by Crippen LogP contribution is 2.39. The SMILES string of the molecule is Fc1ccc(-c2nnc(-c3ccc4c(c3)CCNC4)c3ccsc23)c(OCCOCCNSC2CCCCC2)c1. The summed E-state index contributed by atoms with van der Waals surface area (Å²) in [6.07, 6.45) is 7.68. The molecule has 0 amide bonds. The summed E-state index contributed by atoms with van der Waals surface area (Å²) >= 11 is 3.46. The fourth-order valence-corrected chi connectivity index (χ4v) is 7.39. The molecule has 2 N–H and O–H groups in total. The summed E-state index contributed by atoms with van der Waals surface area (Å²) < 4.78 is 30.5. The van der Waals surface area contributed by atoms with Gasteiger partial charge in [0, 0.05) is 40.9 Å². The lowest BCUT2D eigenvalue weighted by atomic mass is 9.96. The zero-order valence-electron chi connectivity index (χ0n) is 22.6. The first kappa shape index (κ1) is 27.6. The van der Waals surface area contributed by atoms with Crippen molar-refractivity contribution in [2.75, 3.05) is 32.9 Å². The van der Waals surface area contributed by atoms with Crippen LogP contribution in [0.1, 0.15) is 43.2 Å². The molecule has 2 aromatic carbocycles. The van der Waals surface area contributed by atoms with Crippen molar-refractivity contribution in [1.29, 1.82) is 0 Å². The lowest BCUT2D eigenvalue weighted by Gasteiger charge is -2.20. The Kier molecular flexibility index (Phi) is 9.25. The van der Waals surface area contributed by atoms with Crippen molar-refractivity contribution in [2.24, 2.45) is 0 Å². The molecule has 40 heavy (non-hydrogen) atoms. The number of halogens is 1. The Morgan fingerprint density at radius 1 is 0.975 bits per heavy atom. The van der Waals surface area contributed by atoms with Gasteiger partial charge in [0.1, 0.15) is 29.6 Å². The van der Waals surface area contributed by atoms with E-state index in [1.807, 2.05) is 11.9 Å². The quantitative estimate of drug-likeness (QED) is 0.150. The molecule has 2 aromatic heterocycles. The van der Waals surface area contributed by atoms with Crippen LogP contribution in [0.2, 0.25) is 0 Å². The molecule has 0 atom stereocenters. The van der Waals surface area contributed by atoms with Gasteiger partial charge in [-0.2, -0.15) is 0 Å². The number of ether oxygens (including phenoxy) is 2. The summed E-state index contributed by atoms with van der Waals surface area (Å²) in [5, 5.41) is 16.6. The molecule has 6 rings (SSSR count). The summed E-state index contributed by atoms with van der Waals surface area (Å²) in [5.41, 5.74) is 6.08. The van der Waals surface area contributed by atoms with Crippen LogP contribution in [0, 0.1) is 5.82 Å². The summed E-state index contributed by atoms with van der Waals surface area (Å²) in [4.78, 5) is 0. The fourth-order valence-electron chi connectivity index (χ4n) is 5.49. The molecular weight excluding hydrogens is 543 g/mol. The Hall–Kier alpha value is -2.56. The monoisotopic (exact) mass is 578 g/mol. The first-order valence-corrected chi connectivity index (χ1v) is 16.0. The molecule has 1 fully saturated rings. The molecule has 1 aliphatic carbocycles. The standard InChI is InChI=1S/C31H35FN4O2S2/c32-24-8-9-26(28(19-24)38-16-15-37-14-13-34-40-25-4-2-1-3-5-25)30-31-27(11-17-39-31)29(35-36-30)22-6-7-23-20-33-12-10-21(23)18-22/h6-9,11,17-19,25,33-34H,1-5,10,12-16,20H2. The Labute approximate surface area is 243 Å². The van der Waals surface area contributed by atoms with Gasteiger partial charge >= 0.3 is 0 Å². The van der Waals surface area contributed by atoms with E-state index >= 15 is 0 Å². The lowest BCUT2D eigenvalue weighted by molar-refractivity contribution is 0.104. The summed E-state index contributed by atoms with van der Waals surface area (Å²) in [6, 6.07) is 13.2. The van der Waals surface area contributed by atoms with Gasteiger partial charge in [0.25, 0.3) is 0 Å². The predicted molar refractivity (Wildman–Crippen MR) is 162 cm³/mol. The minimum absolute atomic E-state index is 0.329. The number of benzene rings is 2. The first-order valence-electron chi connectivity index (χ1n) is 14.2. The highest BCUT2D eigenvalue weighted by Gasteiger charge is 2.19. The molecule has 4 aromatic rings. The molecule has 0 radical (unpaired) electrons. The number of nitrogens with zero attached hydrogens (tertiary/aromatic N) is 2. The minimum atomic E-state index is -0.348. The van der Waals surface area contributed by atoms with Crippen molar-refractivity contribution in [3.8, 4) is 28.3 Å². The first-order chi connectivity index (χ1) is 19.8. The van der Waals surface area contributed by atoms with Crippen molar-refractivity contribution >= 4 is 33.4 Å². The van der Waals surface area contributed by atoms with Gasteiger partial charge in [-0.3, -0.25) is 4.72 Å². The highest BCUT2D eigenvalue weighted by atomic mass is 32.2. The van der Waals surface area contributed by atoms with Crippen LogP contribution in [0.15, 0.2) is 47.8 Å². The van der Waals surface area contributed by atoms with E-state index in [2.05, 4.69) is 49.9 Å². The van der Waals surface area contributed by atoms with E-state index in [0.717, 1.165) is 58.2 Å². The lowest BCUT2D eigenvalue weighted by Crippen LogP contribution is -2.23. The molecule has 0 saturated heterocycles. The van der Waals surface area contributed by atoms with Crippen LogP contribution < -0.4 is 14.8 Å². The van der Waals surface area contributed by atoms with Crippen molar-refractivity contribution < 1.29 is 13.9 Å². The Morgan fingerprint density at radius 3 is 2.80 bits per heavy atom. The molecule has 1 aliphatic heterocycles. The molecule has 3 heterocycles. The van der Waals surface area contributed by atoms with E-state index in [1.54, 1.807) is 17.4 Å². The van der Waals surface area contributed by atoms with Gasteiger partial charge in [-0.05, 0) is 66.6 Å². The third-order valence-corrected chi connectivity index (χ3v) is 9.68. The number of hydrogen-bond acceptors (Lipinski definition) is 8. The number of nitrogens with one attached hydrogen (secondary N) is 2. The average molecular weight is 579 g/mol. The Morgan fingerprint density at radius 2 is 1.88 bits per heavy atom. The fraction of sp³-hybridized carbons (Fsp3) is 0.419. The van der Waals surface area contributed by atoms with Crippen LogP contribution in [-0.4, -0.2) is 48.4 Å². The van der Waals surface area contributed by atoms with Crippen molar-refractivity contribution in [3.05, 3.63) is 64.8 Å². The second-order valence-electron chi connectivity index (χ2n) is 10.3. The zero-order valence-corrected chi connectivity index (χ0v) is 24.2. The van der Waals surface area contributed by atoms with E-state index in [0.29, 0.717) is 31.3 Å². The maximum absolute atomic E-state index is 14.2. The van der Waals surface area contributed by atoms with Gasteiger partial charge in [0.05, 0.1) is 17.9 Å². The average Bonchev–Trinajstić information content (AvgIpc) is 3.49. The van der Waals surface area contributed by atoms with Gasteiger partial charge in [0.15, 0.2) is 0 Å². The highest BCUT2D eigenvalue weighted by molar-refractivity contribution is 7.98. The molecule has 1 saturated carbocycles. The second-order valence-corrected chi connectivity index (χ2v) is 12.5. The smallest absolute Gasteiger partial charge is 0.131 e. The Bertz CT molecular complexity index is 1440. The summed E-state index contributed by atoms with van der Waals surface area (Å²) in [5.74, 6) is 0.103. The van der Waals surface area contributed by atoms with E-state index in [9.17, 15) is 4.39 Å². The van der Waals surface area contributed by atoms with E-state index in [-0.39, 0.29) is 5.82 Å². The normalized spacial score (nSPS) is 15.8. The zero-order chi connectivity index (χ0) is 27.1. The molecule has 2 aliphatic rings. The molecular formula is C31H35FN4O2S2. The number of rotatable bonds is 11. The largest absolute Gasteiger partial charge is 0.490 e. The van der Waals surface area contributed by atoms with Crippen LogP contribution in [0.3, 0.4) is 0 Å². The molecule has 0 unspecified atom stereocenters. The number of aromatic nitrogens is 2. The molecule has 0 spiro atoms. The van der Waals surface area contributed by atoms with Crippen LogP contribution in [-0.2, 0) is 17.7 Å². The van der Waals surface area contributed by atoms with Gasteiger partial charge in [-0.15, -0.1) is 21.5 Å². The maximum Gasteiger partial charge on any atom is 0.131 e. The van der Waals surface area contributed by atoms with Gasteiger partial charge in [-0.1, -0.05) is 43.3 Å². The van der Waals surface area contributed by atoms with Crippen LogP contribution >= 0.6 is 23.3 Å². The number of thiophene rings is 1. The topological polar surface area (TPSA) is 68.3 Å². The van der Waals surface area contributed by atoms with Gasteiger partial charge in [-0.25, -0.2) is 4.39 Å². The summed E-state index contributed by atoms with van der Waals surface area (Å²) in [7, 11) is 0. The van der Waals surface area contributed by atoms with Crippen LogP contribution in [0.5, 0.6) is 5.75 Å². The van der Waals surface area contributed by atoms with Crippen molar-refractivity contribution in [2.45, 2.75) is 50.3 Å². The predicted octanol–water partition coefficient (Wildman–Crippen LogP) is 6.78. The summed E-state index contributed by atoms with van der Waals surface area (Å²) in [6.45, 7) is 4.06. The van der Waals surface area contributed by atoms with Crippen molar-refractivity contribution in [3.63, 3.8) is 0 Å². The minimum Gasteiger partial charge on any atom is -0.490 e. The second kappa shape index (κ2) is 13.4. The van der Waals surface area contributed by atoms with E-state index in [4.69, 9.17) is 9.47 Å². The third kappa shape index (κ3) is 6.50. The number of hydrogen-bond donors (Lipinski definition) is 2. The van der Waals surface area contributed by atoms with E-state index < -0.39 is 0 Å². The van der Waals surface area contributed by atoms with Crippen molar-refractivity contribution in [1.82, 2.24) is 20.2 Å². The van der Waals surface area contributed by atoms with Gasteiger partial charge < -0.3 is 14.8 Å². The third-order valence-electron chi connectivity index (χ3n) is 7.59. The van der Waals surface area contributed by atoms with Crippen LogP contribution in [0.25, 0.3) is 32.6 Å². The van der Waals surface area contributed by atoms with Gasteiger partial charge in [0.2, 0.25) is 0 Å². The maximum atomic E-state index is 14.2. The Balaban J connectivity index is 1.11. The number of fused-ring (bicyclic) bond motifs is 2. The molecule has 9 heteroatoms.